The fourth-order valence-electron chi connectivity index (χ4n) is 0.316. The maximum absolute atomic E-state index is 3.93. The van der Waals surface area contributed by atoms with Gasteiger partial charge < -0.3 is 5.32 Å². The Morgan fingerprint density at radius 2 is 2.00 bits per heavy atom. The molecular weight excluding hydrogens is 97.1 g/mol. The zero-order valence-electron chi connectivity index (χ0n) is 5.57. The Balaban J connectivity index is 0. The van der Waals surface area contributed by atoms with Gasteiger partial charge in [0.1, 0.15) is 0 Å². The van der Waals surface area contributed by atoms with Crippen molar-refractivity contribution < 1.29 is 29.6 Å². The van der Waals surface area contributed by atoms with Gasteiger partial charge in [-0.25, -0.2) is 0 Å². The van der Waals surface area contributed by atoms with Gasteiger partial charge in [-0.2, -0.15) is 7.05 Å². The van der Waals surface area contributed by atoms with Crippen LogP contribution >= 0.6 is 0 Å². The van der Waals surface area contributed by atoms with E-state index < -0.39 is 0 Å². The first-order chi connectivity index (χ1) is 2.91. The van der Waals surface area contributed by atoms with E-state index in [1.54, 1.807) is 0 Å². The molecule has 0 N–H and O–H groups in total. The molecule has 0 aromatic carbocycles. The molecule has 2 heteroatoms. The summed E-state index contributed by atoms with van der Waals surface area (Å²) in [4.78, 5) is 0. The minimum Gasteiger partial charge on any atom is -0.665 e. The first kappa shape index (κ1) is 10.9. The fourth-order valence-corrected chi connectivity index (χ4v) is 0.316. The molecule has 0 atom stereocenters. The normalized spacial score (nSPS) is 7.71. The Labute approximate surface area is 68.2 Å². The zero-order chi connectivity index (χ0) is 4.83. The average Bonchev–Trinajstić information content (AvgIpc) is 1.61. The third-order valence-corrected chi connectivity index (χ3v) is 0.735. The second-order valence-electron chi connectivity index (χ2n) is 1.39. The van der Waals surface area contributed by atoms with Crippen LogP contribution in [0.2, 0.25) is 0 Å². The molecule has 0 rings (SSSR count). The molecule has 0 aromatic rings. The number of unbranched alkanes of at least 4 members (excludes halogenated alkanes) is 1. The van der Waals surface area contributed by atoms with Crippen molar-refractivity contribution in [1.29, 1.82) is 0 Å². The van der Waals surface area contributed by atoms with Gasteiger partial charge in [0.05, 0.1) is 0 Å². The first-order valence-electron chi connectivity index (χ1n) is 2.47. The average molecular weight is 109 g/mol. The maximum atomic E-state index is 3.93. The Morgan fingerprint density at radius 3 is 2.14 bits per heavy atom. The van der Waals surface area contributed by atoms with Crippen molar-refractivity contribution in [3.05, 3.63) is 5.32 Å². The van der Waals surface area contributed by atoms with Gasteiger partial charge in [-0.3, -0.25) is 0 Å². The Bertz CT molecular complexity index is 20.0. The van der Waals surface area contributed by atoms with E-state index in [2.05, 4.69) is 12.2 Å². The van der Waals surface area contributed by atoms with Crippen molar-refractivity contribution >= 4 is 0 Å². The van der Waals surface area contributed by atoms with Crippen LogP contribution < -0.4 is 29.6 Å². The van der Waals surface area contributed by atoms with Gasteiger partial charge in [-0.1, -0.05) is 19.8 Å². The van der Waals surface area contributed by atoms with Gasteiger partial charge >= 0.3 is 29.6 Å². The predicted molar refractivity (Wildman–Crippen MR) is 29.1 cm³/mol. The summed E-state index contributed by atoms with van der Waals surface area (Å²) in [7, 11) is 1.86. The fraction of sp³-hybridized carbons (Fsp3) is 1.00. The van der Waals surface area contributed by atoms with Crippen LogP contribution in [0.3, 0.4) is 0 Å². The van der Waals surface area contributed by atoms with E-state index in [-0.39, 0.29) is 29.6 Å². The molecule has 7 heavy (non-hydrogen) atoms. The van der Waals surface area contributed by atoms with Gasteiger partial charge in [0.2, 0.25) is 0 Å². The third kappa shape index (κ3) is 10.9. The van der Waals surface area contributed by atoms with Crippen molar-refractivity contribution in [3.63, 3.8) is 0 Å². The van der Waals surface area contributed by atoms with Gasteiger partial charge in [0.25, 0.3) is 0 Å². The molecule has 0 fully saturated rings. The maximum Gasteiger partial charge on any atom is 1.00 e. The topological polar surface area (TPSA) is 14.1 Å². The molecule has 0 aliphatic carbocycles. The summed E-state index contributed by atoms with van der Waals surface area (Å²) in [6, 6.07) is 0. The summed E-state index contributed by atoms with van der Waals surface area (Å²) in [6.07, 6.45) is 2.51. The second kappa shape index (κ2) is 10.0. The quantitative estimate of drug-likeness (QED) is 0.319. The molecule has 0 heterocycles. The van der Waals surface area contributed by atoms with Crippen LogP contribution in [0.15, 0.2) is 0 Å². The van der Waals surface area contributed by atoms with Crippen LogP contribution in [0.5, 0.6) is 0 Å². The van der Waals surface area contributed by atoms with Crippen LogP contribution in [0.25, 0.3) is 5.32 Å². The van der Waals surface area contributed by atoms with Crippen LogP contribution in [0, 0.1) is 0 Å². The van der Waals surface area contributed by atoms with Crippen molar-refractivity contribution in [3.8, 4) is 0 Å². The van der Waals surface area contributed by atoms with E-state index in [1.165, 1.54) is 12.8 Å². The Hall–Kier alpha value is 0.960. The molecule has 0 spiro atoms. The monoisotopic (exact) mass is 109 g/mol. The van der Waals surface area contributed by atoms with E-state index in [9.17, 15) is 0 Å². The van der Waals surface area contributed by atoms with Crippen molar-refractivity contribution in [2.75, 3.05) is 13.6 Å². The summed E-state index contributed by atoms with van der Waals surface area (Å²) >= 11 is 0. The molecule has 0 aromatic heterocycles. The minimum absolute atomic E-state index is 0. The molecular formula is C5H12NNa. The molecule has 0 saturated heterocycles. The van der Waals surface area contributed by atoms with Gasteiger partial charge in [-0.15, -0.1) is 6.54 Å². The van der Waals surface area contributed by atoms with E-state index in [0.717, 1.165) is 6.54 Å². The third-order valence-electron chi connectivity index (χ3n) is 0.735. The molecule has 0 radical (unpaired) electrons. The van der Waals surface area contributed by atoms with Gasteiger partial charge in [0.15, 0.2) is 0 Å². The number of rotatable bonds is 3. The van der Waals surface area contributed by atoms with Gasteiger partial charge in [0, 0.05) is 0 Å². The SMILES string of the molecule is CCCC[N-]C.[Na+]. The smallest absolute Gasteiger partial charge is 0.665 e. The van der Waals surface area contributed by atoms with E-state index in [1.807, 2.05) is 7.05 Å². The molecule has 0 saturated carbocycles. The van der Waals surface area contributed by atoms with Crippen LogP contribution in [-0.2, 0) is 0 Å². The number of hydrogen-bond donors (Lipinski definition) is 0. The molecule has 0 unspecified atom stereocenters. The summed E-state index contributed by atoms with van der Waals surface area (Å²) in [5.74, 6) is 0. The molecule has 0 bridgehead atoms. The summed E-state index contributed by atoms with van der Waals surface area (Å²) in [5, 5.41) is 3.93. The largest absolute Gasteiger partial charge is 1.00 e. The zero-order valence-corrected chi connectivity index (χ0v) is 7.57. The summed E-state index contributed by atoms with van der Waals surface area (Å²) in [5.41, 5.74) is 0. The van der Waals surface area contributed by atoms with Crippen LogP contribution in [0.4, 0.5) is 0 Å². The predicted octanol–water partition coefficient (Wildman–Crippen LogP) is -1.21. The Morgan fingerprint density at radius 1 is 1.43 bits per heavy atom. The number of hydrogen-bond acceptors (Lipinski definition) is 0. The first-order valence-corrected chi connectivity index (χ1v) is 2.47. The van der Waals surface area contributed by atoms with E-state index in [4.69, 9.17) is 0 Å². The molecule has 0 aliphatic rings. The standard InChI is InChI=1S/C5H12N.Na/c1-3-4-5-6-2;/h3-5H2,1-2H3;/q-1;+1. The van der Waals surface area contributed by atoms with Gasteiger partial charge in [-0.05, 0) is 0 Å². The van der Waals surface area contributed by atoms with E-state index >= 15 is 0 Å². The molecule has 0 aliphatic heterocycles. The van der Waals surface area contributed by atoms with E-state index in [0.29, 0.717) is 0 Å². The Kier molecular flexibility index (Phi) is 15.6. The van der Waals surface area contributed by atoms with Crippen LogP contribution in [-0.4, -0.2) is 13.6 Å². The molecule has 1 nitrogen and oxygen atoms in total. The van der Waals surface area contributed by atoms with Crippen molar-refractivity contribution in [1.82, 2.24) is 0 Å². The summed E-state index contributed by atoms with van der Waals surface area (Å²) < 4.78 is 0. The van der Waals surface area contributed by atoms with Crippen molar-refractivity contribution in [2.45, 2.75) is 19.8 Å². The van der Waals surface area contributed by atoms with Crippen molar-refractivity contribution in [2.24, 2.45) is 0 Å². The molecule has 0 amide bonds. The minimum atomic E-state index is 0. The molecule has 38 valence electrons. The second-order valence-corrected chi connectivity index (χ2v) is 1.39. The van der Waals surface area contributed by atoms with Crippen LogP contribution in [0.1, 0.15) is 19.8 Å². The summed E-state index contributed by atoms with van der Waals surface area (Å²) in [6.45, 7) is 3.21. The number of nitrogens with zero attached hydrogens (tertiary/aromatic N) is 1.